The molecule has 0 saturated heterocycles. The zero-order valence-corrected chi connectivity index (χ0v) is 13.4. The number of nitrogens with one attached hydrogen (secondary N) is 1. The lowest BCUT2D eigenvalue weighted by molar-refractivity contribution is 0.322. The van der Waals surface area contributed by atoms with E-state index in [-0.39, 0.29) is 0 Å². The number of hydrogen-bond acceptors (Lipinski definition) is 3. The molecule has 1 aromatic heterocycles. The average molecular weight is 340 g/mol. The van der Waals surface area contributed by atoms with Gasteiger partial charge in [0.2, 0.25) is 0 Å². The van der Waals surface area contributed by atoms with Crippen molar-refractivity contribution in [1.29, 1.82) is 0 Å². The largest absolute Gasteiger partial charge is 0.493 e. The molecule has 0 aliphatic rings. The maximum absolute atomic E-state index is 5.81. The summed E-state index contributed by atoms with van der Waals surface area (Å²) in [5.74, 6) is 0.938. The Balaban J connectivity index is 1.89. The van der Waals surface area contributed by atoms with E-state index in [4.69, 9.17) is 4.74 Å². The highest BCUT2D eigenvalue weighted by molar-refractivity contribution is 9.10. The van der Waals surface area contributed by atoms with Crippen LogP contribution in [0.5, 0.6) is 5.75 Å². The SMILES string of the molecule is CCNCc1cc(OCCc2cccs2)ccc1Br. The van der Waals surface area contributed by atoms with Crippen molar-refractivity contribution in [2.75, 3.05) is 13.2 Å². The monoisotopic (exact) mass is 339 g/mol. The molecule has 1 aromatic carbocycles. The molecule has 0 aliphatic heterocycles. The topological polar surface area (TPSA) is 21.3 Å². The molecule has 0 aliphatic carbocycles. The lowest BCUT2D eigenvalue weighted by atomic mass is 10.2. The van der Waals surface area contributed by atoms with E-state index in [9.17, 15) is 0 Å². The first-order valence-electron chi connectivity index (χ1n) is 6.44. The Morgan fingerprint density at radius 2 is 2.21 bits per heavy atom. The smallest absolute Gasteiger partial charge is 0.119 e. The van der Waals surface area contributed by atoms with Crippen LogP contribution in [0.3, 0.4) is 0 Å². The van der Waals surface area contributed by atoms with Gasteiger partial charge in [-0.1, -0.05) is 28.9 Å². The van der Waals surface area contributed by atoms with Crippen LogP contribution in [0.2, 0.25) is 0 Å². The van der Waals surface area contributed by atoms with Crippen LogP contribution in [0.1, 0.15) is 17.4 Å². The maximum atomic E-state index is 5.81. The molecule has 0 spiro atoms. The third-order valence-corrected chi connectivity index (χ3v) is 4.49. The number of hydrogen-bond donors (Lipinski definition) is 1. The fourth-order valence-electron chi connectivity index (χ4n) is 1.76. The van der Waals surface area contributed by atoms with Gasteiger partial charge in [-0.2, -0.15) is 0 Å². The molecule has 0 atom stereocenters. The molecule has 0 amide bonds. The molecule has 0 fully saturated rings. The number of rotatable bonds is 7. The van der Waals surface area contributed by atoms with Gasteiger partial charge in [0, 0.05) is 22.3 Å². The lowest BCUT2D eigenvalue weighted by Crippen LogP contribution is -2.12. The van der Waals surface area contributed by atoms with E-state index >= 15 is 0 Å². The molecular formula is C15H18BrNOS. The van der Waals surface area contributed by atoms with Crippen LogP contribution in [-0.4, -0.2) is 13.2 Å². The average Bonchev–Trinajstić information content (AvgIpc) is 2.92. The highest BCUT2D eigenvalue weighted by Gasteiger charge is 2.02. The standard InChI is InChI=1S/C15H18BrNOS/c1-2-17-11-12-10-13(5-6-15(12)16)18-8-7-14-4-3-9-19-14/h3-6,9-10,17H,2,7-8,11H2,1H3. The lowest BCUT2D eigenvalue weighted by Gasteiger charge is -2.10. The Hall–Kier alpha value is -0.840. The third-order valence-electron chi connectivity index (χ3n) is 2.78. The van der Waals surface area contributed by atoms with Gasteiger partial charge in [-0.05, 0) is 41.8 Å². The van der Waals surface area contributed by atoms with Crippen molar-refractivity contribution >= 4 is 27.3 Å². The van der Waals surface area contributed by atoms with E-state index < -0.39 is 0 Å². The molecule has 102 valence electrons. The van der Waals surface area contributed by atoms with Gasteiger partial charge >= 0.3 is 0 Å². The first-order chi connectivity index (χ1) is 9.29. The van der Waals surface area contributed by atoms with Crippen molar-refractivity contribution in [3.05, 3.63) is 50.6 Å². The zero-order chi connectivity index (χ0) is 13.5. The highest BCUT2D eigenvalue weighted by Crippen LogP contribution is 2.23. The van der Waals surface area contributed by atoms with Crippen molar-refractivity contribution < 1.29 is 4.74 Å². The quantitative estimate of drug-likeness (QED) is 0.814. The molecule has 1 N–H and O–H groups in total. The summed E-state index contributed by atoms with van der Waals surface area (Å²) in [5, 5.41) is 5.43. The van der Waals surface area contributed by atoms with E-state index in [0.29, 0.717) is 0 Å². The summed E-state index contributed by atoms with van der Waals surface area (Å²) < 4.78 is 6.94. The molecule has 4 heteroatoms. The van der Waals surface area contributed by atoms with Gasteiger partial charge in [0.15, 0.2) is 0 Å². The Labute approximate surface area is 126 Å². The van der Waals surface area contributed by atoms with Crippen LogP contribution < -0.4 is 10.1 Å². The van der Waals surface area contributed by atoms with Gasteiger partial charge in [0.25, 0.3) is 0 Å². The second-order valence-corrected chi connectivity index (χ2v) is 6.10. The van der Waals surface area contributed by atoms with E-state index in [1.807, 2.05) is 12.1 Å². The minimum absolute atomic E-state index is 0.725. The first-order valence-corrected chi connectivity index (χ1v) is 8.11. The summed E-state index contributed by atoms with van der Waals surface area (Å²) in [6.45, 7) is 4.66. The Kier molecular flexibility index (Phi) is 5.89. The van der Waals surface area contributed by atoms with Crippen LogP contribution >= 0.6 is 27.3 Å². The van der Waals surface area contributed by atoms with Crippen LogP contribution in [0.4, 0.5) is 0 Å². The highest BCUT2D eigenvalue weighted by atomic mass is 79.9. The second-order valence-electron chi connectivity index (χ2n) is 4.21. The Morgan fingerprint density at radius 1 is 1.32 bits per heavy atom. The van der Waals surface area contributed by atoms with Crippen LogP contribution in [0.25, 0.3) is 0 Å². The molecule has 1 heterocycles. The minimum atomic E-state index is 0.725. The Morgan fingerprint density at radius 3 is 2.95 bits per heavy atom. The van der Waals surface area contributed by atoms with Gasteiger partial charge in [-0.15, -0.1) is 11.3 Å². The molecule has 2 nitrogen and oxygen atoms in total. The van der Waals surface area contributed by atoms with E-state index in [0.717, 1.165) is 36.3 Å². The van der Waals surface area contributed by atoms with Crippen LogP contribution in [-0.2, 0) is 13.0 Å². The summed E-state index contributed by atoms with van der Waals surface area (Å²) in [7, 11) is 0. The van der Waals surface area contributed by atoms with Crippen LogP contribution in [0.15, 0.2) is 40.2 Å². The van der Waals surface area contributed by atoms with Gasteiger partial charge in [0.1, 0.15) is 5.75 Å². The molecule has 0 radical (unpaired) electrons. The number of benzene rings is 1. The summed E-state index contributed by atoms with van der Waals surface area (Å²) >= 11 is 5.34. The summed E-state index contributed by atoms with van der Waals surface area (Å²) in [6, 6.07) is 10.4. The predicted molar refractivity (Wildman–Crippen MR) is 85.0 cm³/mol. The number of thiophene rings is 1. The first kappa shape index (κ1) is 14.6. The molecule has 19 heavy (non-hydrogen) atoms. The van der Waals surface area contributed by atoms with Crippen molar-refractivity contribution in [1.82, 2.24) is 5.32 Å². The zero-order valence-electron chi connectivity index (χ0n) is 11.0. The molecule has 0 saturated carbocycles. The third kappa shape index (κ3) is 4.64. The van der Waals surface area contributed by atoms with Gasteiger partial charge in [0.05, 0.1) is 6.61 Å². The number of ether oxygens (including phenoxy) is 1. The van der Waals surface area contributed by atoms with Gasteiger partial charge < -0.3 is 10.1 Å². The van der Waals surface area contributed by atoms with E-state index in [1.165, 1.54) is 10.4 Å². The molecule has 0 unspecified atom stereocenters. The van der Waals surface area contributed by atoms with Gasteiger partial charge in [-0.3, -0.25) is 0 Å². The van der Waals surface area contributed by atoms with E-state index in [2.05, 4.69) is 51.7 Å². The molecular weight excluding hydrogens is 322 g/mol. The van der Waals surface area contributed by atoms with Crippen molar-refractivity contribution in [3.63, 3.8) is 0 Å². The van der Waals surface area contributed by atoms with Crippen molar-refractivity contribution in [2.45, 2.75) is 19.9 Å². The Bertz CT molecular complexity index is 499. The fraction of sp³-hybridized carbons (Fsp3) is 0.333. The maximum Gasteiger partial charge on any atom is 0.119 e. The van der Waals surface area contributed by atoms with Crippen LogP contribution in [0, 0.1) is 0 Å². The fourth-order valence-corrected chi connectivity index (χ4v) is 2.84. The predicted octanol–water partition coefficient (Wildman–Crippen LogP) is 4.24. The molecule has 0 bridgehead atoms. The minimum Gasteiger partial charge on any atom is -0.493 e. The summed E-state index contributed by atoms with van der Waals surface area (Å²) in [6.07, 6.45) is 0.969. The molecule has 2 rings (SSSR count). The summed E-state index contributed by atoms with van der Waals surface area (Å²) in [4.78, 5) is 1.37. The summed E-state index contributed by atoms with van der Waals surface area (Å²) in [5.41, 5.74) is 1.23. The van der Waals surface area contributed by atoms with Gasteiger partial charge in [-0.25, -0.2) is 0 Å². The number of halogens is 1. The van der Waals surface area contributed by atoms with Crippen molar-refractivity contribution in [2.24, 2.45) is 0 Å². The normalized spacial score (nSPS) is 10.6. The second kappa shape index (κ2) is 7.68. The van der Waals surface area contributed by atoms with Crippen molar-refractivity contribution in [3.8, 4) is 5.75 Å². The molecule has 2 aromatic rings. The van der Waals surface area contributed by atoms with E-state index in [1.54, 1.807) is 11.3 Å².